The molecule has 2 aromatic rings. The molecule has 2 heterocycles. The van der Waals surface area contributed by atoms with Crippen LogP contribution in [0.1, 0.15) is 29.3 Å². The molecule has 1 fully saturated rings. The number of halogens is 3. The topological polar surface area (TPSA) is 44.4 Å². The van der Waals surface area contributed by atoms with Crippen LogP contribution < -0.4 is 10.6 Å². The van der Waals surface area contributed by atoms with Crippen molar-refractivity contribution < 1.29 is 18.0 Å². The second-order valence-corrected chi connectivity index (χ2v) is 7.49. The lowest BCUT2D eigenvalue weighted by Crippen LogP contribution is -2.38. The number of hydrogen-bond donors (Lipinski definition) is 2. The van der Waals surface area contributed by atoms with Crippen LogP contribution in [0.25, 0.3) is 0 Å². The predicted molar refractivity (Wildman–Crippen MR) is 101 cm³/mol. The number of nitrogens with one attached hydrogen (secondary N) is 2. The molecule has 3 rings (SSSR count). The van der Waals surface area contributed by atoms with Gasteiger partial charge in [-0.2, -0.15) is 13.2 Å². The molecular weight excluding hydrogens is 375 g/mol. The van der Waals surface area contributed by atoms with Crippen molar-refractivity contribution in [2.75, 3.05) is 31.5 Å². The van der Waals surface area contributed by atoms with E-state index >= 15 is 0 Å². The van der Waals surface area contributed by atoms with E-state index in [1.807, 2.05) is 11.4 Å². The van der Waals surface area contributed by atoms with Crippen molar-refractivity contribution in [1.29, 1.82) is 0 Å². The highest BCUT2D eigenvalue weighted by Crippen LogP contribution is 2.30. The zero-order valence-corrected chi connectivity index (χ0v) is 15.6. The highest BCUT2D eigenvalue weighted by molar-refractivity contribution is 7.10. The summed E-state index contributed by atoms with van der Waals surface area (Å²) in [5.41, 5.74) is -0.464. The summed E-state index contributed by atoms with van der Waals surface area (Å²) in [5, 5.41) is 7.69. The Hall–Kier alpha value is -2.06. The maximum atomic E-state index is 12.7. The number of rotatable bonds is 7. The molecular formula is C19H22F3N3OS. The van der Waals surface area contributed by atoms with Crippen molar-refractivity contribution in [3.63, 3.8) is 0 Å². The predicted octanol–water partition coefficient (Wildman–Crippen LogP) is 4.13. The van der Waals surface area contributed by atoms with Gasteiger partial charge in [-0.05, 0) is 55.6 Å². The Kier molecular flexibility index (Phi) is 6.38. The van der Waals surface area contributed by atoms with Gasteiger partial charge < -0.3 is 10.6 Å². The molecule has 1 atom stereocenters. The van der Waals surface area contributed by atoms with Gasteiger partial charge >= 0.3 is 6.18 Å². The Labute approximate surface area is 160 Å². The fourth-order valence-corrected chi connectivity index (χ4v) is 4.07. The Morgan fingerprint density at radius 3 is 2.63 bits per heavy atom. The normalized spacial score (nSPS) is 16.3. The second kappa shape index (κ2) is 8.75. The summed E-state index contributed by atoms with van der Waals surface area (Å²) in [7, 11) is 0. The summed E-state index contributed by atoms with van der Waals surface area (Å²) in [6.45, 7) is 2.45. The van der Waals surface area contributed by atoms with Crippen molar-refractivity contribution in [2.45, 2.75) is 25.1 Å². The van der Waals surface area contributed by atoms with E-state index in [4.69, 9.17) is 0 Å². The average Bonchev–Trinajstić information content (AvgIpc) is 3.34. The van der Waals surface area contributed by atoms with Crippen molar-refractivity contribution >= 4 is 22.9 Å². The van der Waals surface area contributed by atoms with Gasteiger partial charge in [0.15, 0.2) is 0 Å². The quantitative estimate of drug-likeness (QED) is 0.738. The molecule has 0 radical (unpaired) electrons. The Morgan fingerprint density at radius 1 is 1.19 bits per heavy atom. The van der Waals surface area contributed by atoms with Gasteiger partial charge in [0, 0.05) is 17.1 Å². The van der Waals surface area contributed by atoms with Crippen LogP contribution in [-0.4, -0.2) is 37.0 Å². The van der Waals surface area contributed by atoms with Crippen LogP contribution >= 0.6 is 11.3 Å². The van der Waals surface area contributed by atoms with E-state index in [1.54, 1.807) is 11.3 Å². The molecule has 0 bridgehead atoms. The third-order valence-electron chi connectivity index (χ3n) is 4.59. The molecule has 1 aliphatic heterocycles. The van der Waals surface area contributed by atoms with Gasteiger partial charge in [0.2, 0.25) is 5.91 Å². The standard InChI is InChI=1S/C19H22F3N3OS/c20-19(21,22)14-5-3-6-15(11-14)23-13-18(26)24-12-16(17-7-4-10-27-17)25-8-1-2-9-25/h3-7,10-11,16,23H,1-2,8-9,12-13H2,(H,24,26). The minimum Gasteiger partial charge on any atom is -0.376 e. The van der Waals surface area contributed by atoms with E-state index in [2.05, 4.69) is 21.6 Å². The molecule has 1 aromatic carbocycles. The van der Waals surface area contributed by atoms with Crippen LogP contribution in [0.5, 0.6) is 0 Å². The van der Waals surface area contributed by atoms with Gasteiger partial charge in [-0.1, -0.05) is 12.1 Å². The van der Waals surface area contributed by atoms with Gasteiger partial charge in [-0.3, -0.25) is 9.69 Å². The first-order valence-corrected chi connectivity index (χ1v) is 9.77. The van der Waals surface area contributed by atoms with Crippen LogP contribution in [0, 0.1) is 0 Å². The lowest BCUT2D eigenvalue weighted by atomic mass is 10.2. The minimum absolute atomic E-state index is 0.0710. The van der Waals surface area contributed by atoms with Gasteiger partial charge in [0.05, 0.1) is 18.2 Å². The smallest absolute Gasteiger partial charge is 0.376 e. The highest BCUT2D eigenvalue weighted by atomic mass is 32.1. The number of alkyl halides is 3. The van der Waals surface area contributed by atoms with Gasteiger partial charge in [0.1, 0.15) is 0 Å². The zero-order valence-electron chi connectivity index (χ0n) is 14.8. The average molecular weight is 397 g/mol. The van der Waals surface area contributed by atoms with E-state index in [0.29, 0.717) is 6.54 Å². The van der Waals surface area contributed by atoms with E-state index in [0.717, 1.165) is 38.1 Å². The summed E-state index contributed by atoms with van der Waals surface area (Å²) in [5.74, 6) is -0.242. The number of hydrogen-bond acceptors (Lipinski definition) is 4. The van der Waals surface area contributed by atoms with Crippen molar-refractivity contribution in [3.05, 3.63) is 52.2 Å². The largest absolute Gasteiger partial charge is 0.416 e. The molecule has 2 N–H and O–H groups in total. The number of carbonyl (C=O) groups excluding carboxylic acids is 1. The first-order chi connectivity index (χ1) is 12.9. The van der Waals surface area contributed by atoms with E-state index in [-0.39, 0.29) is 24.2 Å². The first-order valence-electron chi connectivity index (χ1n) is 8.89. The Balaban J connectivity index is 1.53. The number of amides is 1. The SMILES string of the molecule is O=C(CNc1cccc(C(F)(F)F)c1)NCC(c1cccs1)N1CCCC1. The third-order valence-corrected chi connectivity index (χ3v) is 5.56. The van der Waals surface area contributed by atoms with Crippen LogP contribution in [-0.2, 0) is 11.0 Å². The maximum absolute atomic E-state index is 12.7. The molecule has 4 nitrogen and oxygen atoms in total. The Bertz CT molecular complexity index is 743. The van der Waals surface area contributed by atoms with Gasteiger partial charge in [0.25, 0.3) is 0 Å². The summed E-state index contributed by atoms with van der Waals surface area (Å²) in [4.78, 5) is 15.8. The van der Waals surface area contributed by atoms with E-state index in [1.165, 1.54) is 17.0 Å². The Morgan fingerprint density at radius 2 is 1.96 bits per heavy atom. The molecule has 0 aliphatic carbocycles. The summed E-state index contributed by atoms with van der Waals surface area (Å²) in [6.07, 6.45) is -2.08. The molecule has 1 aliphatic rings. The summed E-state index contributed by atoms with van der Waals surface area (Å²) in [6, 6.07) is 9.06. The number of carbonyl (C=O) groups is 1. The van der Waals surface area contributed by atoms with Crippen LogP contribution in [0.15, 0.2) is 41.8 Å². The first kappa shape index (κ1) is 19.7. The molecule has 146 valence electrons. The fourth-order valence-electron chi connectivity index (χ4n) is 3.20. The number of nitrogens with zero attached hydrogens (tertiary/aromatic N) is 1. The molecule has 8 heteroatoms. The molecule has 1 unspecified atom stereocenters. The molecule has 0 saturated carbocycles. The third kappa shape index (κ3) is 5.46. The molecule has 0 spiro atoms. The molecule has 1 amide bonds. The van der Waals surface area contributed by atoms with E-state index in [9.17, 15) is 18.0 Å². The van der Waals surface area contributed by atoms with Crippen molar-refractivity contribution in [2.24, 2.45) is 0 Å². The lowest BCUT2D eigenvalue weighted by molar-refractivity contribution is -0.137. The number of likely N-dealkylation sites (tertiary alicyclic amines) is 1. The molecule has 1 aromatic heterocycles. The van der Waals surface area contributed by atoms with Crippen LogP contribution in [0.4, 0.5) is 18.9 Å². The van der Waals surface area contributed by atoms with Gasteiger partial charge in [-0.15, -0.1) is 11.3 Å². The molecule has 1 saturated heterocycles. The van der Waals surface area contributed by atoms with Crippen molar-refractivity contribution in [3.8, 4) is 0 Å². The van der Waals surface area contributed by atoms with Crippen molar-refractivity contribution in [1.82, 2.24) is 10.2 Å². The lowest BCUT2D eigenvalue weighted by Gasteiger charge is -2.27. The van der Waals surface area contributed by atoms with E-state index < -0.39 is 11.7 Å². The summed E-state index contributed by atoms with van der Waals surface area (Å²) < 4.78 is 38.2. The summed E-state index contributed by atoms with van der Waals surface area (Å²) >= 11 is 1.67. The second-order valence-electron chi connectivity index (χ2n) is 6.51. The van der Waals surface area contributed by atoms with Crippen LogP contribution in [0.3, 0.4) is 0 Å². The van der Waals surface area contributed by atoms with Crippen LogP contribution in [0.2, 0.25) is 0 Å². The molecule has 27 heavy (non-hydrogen) atoms. The number of anilines is 1. The highest BCUT2D eigenvalue weighted by Gasteiger charge is 2.30. The minimum atomic E-state index is -4.40. The van der Waals surface area contributed by atoms with Gasteiger partial charge in [-0.25, -0.2) is 0 Å². The monoisotopic (exact) mass is 397 g/mol. The fraction of sp³-hybridized carbons (Fsp3) is 0.421. The zero-order chi connectivity index (χ0) is 19.3. The number of thiophene rings is 1. The number of benzene rings is 1. The maximum Gasteiger partial charge on any atom is 0.416 e.